The smallest absolute Gasteiger partial charge is 0.416 e. The first-order valence-corrected chi connectivity index (χ1v) is 6.58. The molecule has 0 saturated heterocycles. The summed E-state index contributed by atoms with van der Waals surface area (Å²) < 4.78 is 43.2. The number of ether oxygens (including phenoxy) is 1. The number of carboxylic acid groups (broad SMARTS) is 1. The van der Waals surface area contributed by atoms with Gasteiger partial charge in [0, 0.05) is 19.7 Å². The van der Waals surface area contributed by atoms with Gasteiger partial charge >= 0.3 is 12.1 Å². The summed E-state index contributed by atoms with van der Waals surface area (Å²) in [6, 6.07) is 2.76. The number of halogens is 3. The van der Waals surface area contributed by atoms with Gasteiger partial charge < -0.3 is 14.7 Å². The Hall–Kier alpha value is -1.76. The van der Waals surface area contributed by atoms with Crippen molar-refractivity contribution in [3.05, 3.63) is 29.3 Å². The van der Waals surface area contributed by atoms with Crippen LogP contribution in [0, 0.1) is 0 Å². The van der Waals surface area contributed by atoms with E-state index < -0.39 is 17.7 Å². The summed E-state index contributed by atoms with van der Waals surface area (Å²) in [5, 5.41) is 9.15. The highest BCUT2D eigenvalue weighted by atomic mass is 19.4. The largest absolute Gasteiger partial charge is 0.478 e. The van der Waals surface area contributed by atoms with Crippen LogP contribution in [0.4, 0.5) is 18.9 Å². The fraction of sp³-hybridized carbons (Fsp3) is 0.500. The average molecular weight is 305 g/mol. The Bertz CT molecular complexity index is 489. The molecular formula is C14H18F3NO3. The molecule has 7 heteroatoms. The summed E-state index contributed by atoms with van der Waals surface area (Å²) in [6.07, 6.45) is -4.56. The number of carbonyl (C=O) groups is 1. The van der Waals surface area contributed by atoms with Gasteiger partial charge in [0.1, 0.15) is 0 Å². The molecule has 0 atom stereocenters. The van der Waals surface area contributed by atoms with Crippen molar-refractivity contribution in [3.8, 4) is 0 Å². The Morgan fingerprint density at radius 3 is 2.48 bits per heavy atom. The summed E-state index contributed by atoms with van der Waals surface area (Å²) in [4.78, 5) is 12.9. The van der Waals surface area contributed by atoms with Crippen LogP contribution in [0.2, 0.25) is 0 Å². The second kappa shape index (κ2) is 7.31. The van der Waals surface area contributed by atoms with E-state index in [1.807, 2.05) is 6.92 Å². The molecule has 0 aromatic heterocycles. The number of alkyl halides is 3. The van der Waals surface area contributed by atoms with Crippen LogP contribution in [-0.4, -0.2) is 37.4 Å². The van der Waals surface area contributed by atoms with E-state index in [9.17, 15) is 18.0 Å². The molecule has 0 spiro atoms. The lowest BCUT2D eigenvalue weighted by Crippen LogP contribution is -2.29. The van der Waals surface area contributed by atoms with Gasteiger partial charge in [-0.2, -0.15) is 13.2 Å². The third-order valence-electron chi connectivity index (χ3n) is 2.99. The fourth-order valence-electron chi connectivity index (χ4n) is 1.93. The molecule has 0 fully saturated rings. The Labute approximate surface area is 121 Å². The number of nitrogens with zero attached hydrogens (tertiary/aromatic N) is 1. The number of aromatic carboxylic acids is 1. The zero-order valence-electron chi connectivity index (χ0n) is 11.9. The van der Waals surface area contributed by atoms with Gasteiger partial charge in [-0.05, 0) is 32.0 Å². The monoisotopic (exact) mass is 305 g/mol. The number of benzene rings is 1. The van der Waals surface area contributed by atoms with Crippen LogP contribution in [0.15, 0.2) is 18.2 Å². The molecule has 1 aromatic carbocycles. The van der Waals surface area contributed by atoms with Gasteiger partial charge in [-0.25, -0.2) is 4.79 Å². The molecule has 0 aliphatic rings. The minimum absolute atomic E-state index is 0.262. The Morgan fingerprint density at radius 2 is 2.00 bits per heavy atom. The van der Waals surface area contributed by atoms with Crippen molar-refractivity contribution in [2.45, 2.75) is 20.0 Å². The zero-order chi connectivity index (χ0) is 16.0. The third-order valence-corrected chi connectivity index (χ3v) is 2.99. The van der Waals surface area contributed by atoms with Crippen LogP contribution in [-0.2, 0) is 10.9 Å². The van der Waals surface area contributed by atoms with E-state index in [4.69, 9.17) is 9.84 Å². The molecule has 0 saturated carbocycles. The molecule has 0 unspecified atom stereocenters. The highest BCUT2D eigenvalue weighted by Crippen LogP contribution is 2.33. The molecule has 21 heavy (non-hydrogen) atoms. The predicted molar refractivity (Wildman–Crippen MR) is 72.8 cm³/mol. The van der Waals surface area contributed by atoms with Crippen LogP contribution in [0.25, 0.3) is 0 Å². The van der Waals surface area contributed by atoms with Crippen LogP contribution < -0.4 is 4.90 Å². The molecule has 1 N–H and O–H groups in total. The van der Waals surface area contributed by atoms with E-state index in [1.54, 1.807) is 11.8 Å². The zero-order valence-corrected chi connectivity index (χ0v) is 11.9. The molecule has 0 bridgehead atoms. The van der Waals surface area contributed by atoms with Crippen molar-refractivity contribution in [3.63, 3.8) is 0 Å². The van der Waals surface area contributed by atoms with E-state index in [0.717, 1.165) is 6.07 Å². The van der Waals surface area contributed by atoms with E-state index in [2.05, 4.69) is 0 Å². The summed E-state index contributed by atoms with van der Waals surface area (Å²) in [7, 11) is 0. The van der Waals surface area contributed by atoms with Crippen molar-refractivity contribution < 1.29 is 27.8 Å². The predicted octanol–water partition coefficient (Wildman–Crippen LogP) is 3.27. The Balaban J connectivity index is 3.12. The SMILES string of the molecule is CCOCCN(CC)c1ccc(C(F)(F)F)cc1C(=O)O. The van der Waals surface area contributed by atoms with Gasteiger partial charge in [0.15, 0.2) is 0 Å². The molecule has 0 aliphatic heterocycles. The molecule has 1 rings (SSSR count). The fourth-order valence-corrected chi connectivity index (χ4v) is 1.93. The molecule has 4 nitrogen and oxygen atoms in total. The Morgan fingerprint density at radius 1 is 1.33 bits per heavy atom. The second-order valence-electron chi connectivity index (χ2n) is 4.31. The molecule has 1 aromatic rings. The van der Waals surface area contributed by atoms with Gasteiger partial charge in [0.2, 0.25) is 0 Å². The number of carboxylic acids is 1. The molecule has 118 valence electrons. The van der Waals surface area contributed by atoms with Crippen molar-refractivity contribution in [1.29, 1.82) is 0 Å². The van der Waals surface area contributed by atoms with Crippen molar-refractivity contribution in [2.75, 3.05) is 31.2 Å². The first kappa shape index (κ1) is 17.3. The summed E-state index contributed by atoms with van der Waals surface area (Å²) in [5.74, 6) is -1.38. The molecular weight excluding hydrogens is 287 g/mol. The van der Waals surface area contributed by atoms with Crippen molar-refractivity contribution in [1.82, 2.24) is 0 Å². The van der Waals surface area contributed by atoms with Gasteiger partial charge in [-0.15, -0.1) is 0 Å². The molecule has 0 aliphatic carbocycles. The molecule has 0 amide bonds. The topological polar surface area (TPSA) is 49.8 Å². The van der Waals surface area contributed by atoms with Gasteiger partial charge in [-0.3, -0.25) is 0 Å². The highest BCUT2D eigenvalue weighted by Gasteiger charge is 2.32. The number of rotatable bonds is 7. The minimum Gasteiger partial charge on any atom is -0.478 e. The molecule has 0 radical (unpaired) electrons. The van der Waals surface area contributed by atoms with Gasteiger partial charge in [0.25, 0.3) is 0 Å². The number of likely N-dealkylation sites (N-methyl/N-ethyl adjacent to an activating group) is 1. The summed E-state index contributed by atoms with van der Waals surface area (Å²) in [5.41, 5.74) is -1.06. The van der Waals surface area contributed by atoms with E-state index >= 15 is 0 Å². The standard InChI is InChI=1S/C14H18F3NO3/c1-3-18(7-8-21-4-2)12-6-5-10(14(15,16)17)9-11(12)13(19)20/h5-6,9H,3-4,7-8H2,1-2H3,(H,19,20). The van der Waals surface area contributed by atoms with Crippen LogP contribution in [0.5, 0.6) is 0 Å². The number of hydrogen-bond donors (Lipinski definition) is 1. The lowest BCUT2D eigenvalue weighted by molar-refractivity contribution is -0.137. The van der Waals surface area contributed by atoms with Gasteiger partial charge in [-0.1, -0.05) is 0 Å². The van der Waals surface area contributed by atoms with Crippen LogP contribution in [0.1, 0.15) is 29.8 Å². The normalized spacial score (nSPS) is 11.5. The first-order chi connectivity index (χ1) is 9.81. The maximum Gasteiger partial charge on any atom is 0.416 e. The maximum atomic E-state index is 12.7. The third kappa shape index (κ3) is 4.63. The van der Waals surface area contributed by atoms with Crippen molar-refractivity contribution >= 4 is 11.7 Å². The summed E-state index contributed by atoms with van der Waals surface area (Å²) in [6.45, 7) is 5.42. The number of anilines is 1. The lowest BCUT2D eigenvalue weighted by Gasteiger charge is -2.25. The average Bonchev–Trinajstić information content (AvgIpc) is 2.42. The van der Waals surface area contributed by atoms with E-state index in [1.165, 1.54) is 6.07 Å². The lowest BCUT2D eigenvalue weighted by atomic mass is 10.1. The maximum absolute atomic E-state index is 12.7. The second-order valence-corrected chi connectivity index (χ2v) is 4.31. The van der Waals surface area contributed by atoms with E-state index in [-0.39, 0.29) is 11.3 Å². The quantitative estimate of drug-likeness (QED) is 0.786. The van der Waals surface area contributed by atoms with Gasteiger partial charge in [0.05, 0.1) is 23.4 Å². The van der Waals surface area contributed by atoms with Crippen LogP contribution >= 0.6 is 0 Å². The van der Waals surface area contributed by atoms with Crippen LogP contribution in [0.3, 0.4) is 0 Å². The van der Waals surface area contributed by atoms with Crippen molar-refractivity contribution in [2.24, 2.45) is 0 Å². The minimum atomic E-state index is -4.56. The van der Waals surface area contributed by atoms with E-state index in [0.29, 0.717) is 32.4 Å². The Kier molecular flexibility index (Phi) is 6.02. The summed E-state index contributed by atoms with van der Waals surface area (Å²) >= 11 is 0. The molecule has 0 heterocycles. The highest BCUT2D eigenvalue weighted by molar-refractivity contribution is 5.94. The first-order valence-electron chi connectivity index (χ1n) is 6.58. The number of hydrogen-bond acceptors (Lipinski definition) is 3.